The second kappa shape index (κ2) is 13.4. The number of hydrogen-bond acceptors (Lipinski definition) is 7. The van der Waals surface area contributed by atoms with Gasteiger partial charge in [0.05, 0.1) is 42.9 Å². The number of carboxylic acid groups (broad SMARTS) is 1. The van der Waals surface area contributed by atoms with Crippen LogP contribution in [0.15, 0.2) is 97.6 Å². The Labute approximate surface area is 273 Å². The van der Waals surface area contributed by atoms with Gasteiger partial charge in [0, 0.05) is 48.3 Å². The molecule has 0 spiro atoms. The van der Waals surface area contributed by atoms with E-state index in [0.717, 1.165) is 16.5 Å². The average Bonchev–Trinajstić information content (AvgIpc) is 3.66. The zero-order chi connectivity index (χ0) is 33.1. The van der Waals surface area contributed by atoms with Crippen molar-refractivity contribution in [2.45, 2.75) is 43.7 Å². The van der Waals surface area contributed by atoms with Crippen LogP contribution in [0.3, 0.4) is 0 Å². The van der Waals surface area contributed by atoms with Gasteiger partial charge in [-0.2, -0.15) is 0 Å². The van der Waals surface area contributed by atoms with Gasteiger partial charge in [-0.15, -0.1) is 6.58 Å². The number of carbonyl (C=O) groups excluding carboxylic acids is 2. The topological polar surface area (TPSA) is 126 Å². The number of nitrogens with zero attached hydrogens (tertiary/aromatic N) is 2. The Bertz CT molecular complexity index is 1790. The van der Waals surface area contributed by atoms with Crippen molar-refractivity contribution in [2.75, 3.05) is 20.3 Å². The second-order valence-corrected chi connectivity index (χ2v) is 12.4. The fourth-order valence-corrected chi connectivity index (χ4v) is 6.74. The Hall–Kier alpha value is -5.02. The van der Waals surface area contributed by atoms with Crippen LogP contribution in [-0.2, 0) is 14.4 Å². The fraction of sp³-hybridized carbons (Fsp3) is 0.316. The largest absolute Gasteiger partial charge is 0.497 e. The molecule has 1 aliphatic heterocycles. The summed E-state index contributed by atoms with van der Waals surface area (Å²) in [7, 11) is 1.59. The lowest BCUT2D eigenvalue weighted by Gasteiger charge is -2.26. The highest BCUT2D eigenvalue weighted by Crippen LogP contribution is 2.56. The first kappa shape index (κ1) is 31.9. The minimum absolute atomic E-state index is 0.00743. The minimum atomic E-state index is -1.20. The van der Waals surface area contributed by atoms with Crippen LogP contribution in [0.5, 0.6) is 11.5 Å². The number of ketones is 1. The van der Waals surface area contributed by atoms with Crippen LogP contribution < -0.4 is 9.47 Å². The molecule has 47 heavy (non-hydrogen) atoms. The third-order valence-corrected chi connectivity index (χ3v) is 9.54. The molecule has 5 atom stereocenters. The van der Waals surface area contributed by atoms with E-state index in [9.17, 15) is 24.6 Å². The average molecular weight is 635 g/mol. The van der Waals surface area contributed by atoms with E-state index in [-0.39, 0.29) is 50.0 Å². The zero-order valence-corrected chi connectivity index (χ0v) is 26.2. The number of aromatic nitrogens is 1. The number of ether oxygens (including phenoxy) is 2. The van der Waals surface area contributed by atoms with Crippen LogP contribution in [0.2, 0.25) is 0 Å². The summed E-state index contributed by atoms with van der Waals surface area (Å²) < 4.78 is 12.1. The number of benzene rings is 3. The standard InChI is InChI=1S/C38H38N2O7/c1-3-27-20-38(27,37(44)45)21-34(42)33-18-29(22-40(33)36(43)16-26(23-41)24-10-6-4-7-11-24)47-35-19-31(25-12-8-5-9-13-25)39-32-17-28(46-2)14-15-30(32)35/h3-15,17,19,26-27,29,33,41H,1,16,18,20-23H2,2H3,(H,44,45)/t26-,27?,29+,33-,38+/m0/s1. The smallest absolute Gasteiger partial charge is 0.310 e. The Morgan fingerprint density at radius 2 is 1.79 bits per heavy atom. The molecule has 0 bridgehead atoms. The van der Waals surface area contributed by atoms with Crippen LogP contribution in [0.4, 0.5) is 0 Å². The monoisotopic (exact) mass is 634 g/mol. The molecule has 9 nitrogen and oxygen atoms in total. The highest BCUT2D eigenvalue weighted by Gasteiger charge is 2.60. The van der Waals surface area contributed by atoms with E-state index >= 15 is 0 Å². The van der Waals surface area contributed by atoms with Crippen molar-refractivity contribution < 1.29 is 34.1 Å². The van der Waals surface area contributed by atoms with E-state index in [1.54, 1.807) is 13.2 Å². The molecule has 1 aliphatic carbocycles. The van der Waals surface area contributed by atoms with Crippen molar-refractivity contribution in [1.29, 1.82) is 0 Å². The van der Waals surface area contributed by atoms with Gasteiger partial charge in [-0.05, 0) is 30.0 Å². The van der Waals surface area contributed by atoms with Crippen molar-refractivity contribution in [3.63, 3.8) is 0 Å². The molecule has 1 saturated heterocycles. The van der Waals surface area contributed by atoms with Gasteiger partial charge in [0.2, 0.25) is 5.91 Å². The Morgan fingerprint density at radius 1 is 1.06 bits per heavy atom. The fourth-order valence-electron chi connectivity index (χ4n) is 6.74. The van der Waals surface area contributed by atoms with Gasteiger partial charge in [-0.3, -0.25) is 14.4 Å². The molecule has 4 aromatic rings. The lowest BCUT2D eigenvalue weighted by molar-refractivity contribution is -0.147. The number of rotatable bonds is 13. The Balaban J connectivity index is 1.31. The maximum atomic E-state index is 13.9. The van der Waals surface area contributed by atoms with Crippen molar-refractivity contribution >= 4 is 28.6 Å². The number of hydrogen-bond donors (Lipinski definition) is 2. The van der Waals surface area contributed by atoms with Gasteiger partial charge in [-0.25, -0.2) is 4.98 Å². The second-order valence-electron chi connectivity index (χ2n) is 12.4. The molecule has 9 heteroatoms. The number of Topliss-reactive ketones (excluding diaryl/α,β-unsaturated/α-hetero) is 1. The number of fused-ring (bicyclic) bond motifs is 1. The Kier molecular flexibility index (Phi) is 9.09. The highest BCUT2D eigenvalue weighted by molar-refractivity contribution is 5.95. The quantitative estimate of drug-likeness (QED) is 0.181. The number of aliphatic hydroxyl groups is 1. The van der Waals surface area contributed by atoms with Gasteiger partial charge in [-0.1, -0.05) is 66.7 Å². The summed E-state index contributed by atoms with van der Waals surface area (Å²) in [5.41, 5.74) is 1.88. The van der Waals surface area contributed by atoms with E-state index in [0.29, 0.717) is 29.1 Å². The van der Waals surface area contributed by atoms with Crippen molar-refractivity contribution in [1.82, 2.24) is 9.88 Å². The van der Waals surface area contributed by atoms with E-state index in [1.807, 2.05) is 84.9 Å². The number of aliphatic hydroxyl groups excluding tert-OH is 1. The van der Waals surface area contributed by atoms with Crippen LogP contribution in [0.25, 0.3) is 22.2 Å². The molecule has 242 valence electrons. The molecule has 2 fully saturated rings. The molecule has 6 rings (SSSR count). The first-order chi connectivity index (χ1) is 22.8. The molecule has 3 aromatic carbocycles. The molecule has 1 aromatic heterocycles. The maximum absolute atomic E-state index is 13.9. The molecular formula is C38H38N2O7. The van der Waals surface area contributed by atoms with Gasteiger partial charge < -0.3 is 24.6 Å². The summed E-state index contributed by atoms with van der Waals surface area (Å²) in [6.07, 6.45) is 1.38. The number of allylic oxidation sites excluding steroid dienone is 1. The van der Waals surface area contributed by atoms with Crippen LogP contribution >= 0.6 is 0 Å². The van der Waals surface area contributed by atoms with Gasteiger partial charge in [0.25, 0.3) is 0 Å². The molecule has 2 aliphatic rings. The number of methoxy groups -OCH3 is 1. The number of likely N-dealkylation sites (tertiary alicyclic amines) is 1. The number of amides is 1. The van der Waals surface area contributed by atoms with Crippen molar-refractivity contribution in [3.05, 3.63) is 103 Å². The molecule has 2 N–H and O–H groups in total. The maximum Gasteiger partial charge on any atom is 0.310 e. The van der Waals surface area contributed by atoms with Gasteiger partial charge >= 0.3 is 5.97 Å². The summed E-state index contributed by atoms with van der Waals surface area (Å²) in [6, 6.07) is 25.5. The predicted molar refractivity (Wildman–Crippen MR) is 177 cm³/mol. The van der Waals surface area contributed by atoms with Crippen LogP contribution in [0.1, 0.15) is 37.2 Å². The van der Waals surface area contributed by atoms with E-state index in [1.165, 1.54) is 4.90 Å². The summed E-state index contributed by atoms with van der Waals surface area (Å²) in [4.78, 5) is 46.4. The summed E-state index contributed by atoms with van der Waals surface area (Å²) in [5.74, 6) is -1.20. The molecule has 0 radical (unpaired) electrons. The highest BCUT2D eigenvalue weighted by atomic mass is 16.5. The van der Waals surface area contributed by atoms with Gasteiger partial charge in [0.15, 0.2) is 5.78 Å². The van der Waals surface area contributed by atoms with Crippen molar-refractivity contribution in [2.24, 2.45) is 11.3 Å². The summed E-state index contributed by atoms with van der Waals surface area (Å²) in [5, 5.41) is 20.9. The zero-order valence-electron chi connectivity index (χ0n) is 26.2. The lowest BCUT2D eigenvalue weighted by Crippen LogP contribution is -2.42. The summed E-state index contributed by atoms with van der Waals surface area (Å²) >= 11 is 0. The third-order valence-electron chi connectivity index (χ3n) is 9.54. The van der Waals surface area contributed by atoms with E-state index in [2.05, 4.69) is 6.58 Å². The number of carbonyl (C=O) groups is 3. The van der Waals surface area contributed by atoms with Crippen molar-refractivity contribution in [3.8, 4) is 22.8 Å². The molecule has 1 saturated carbocycles. The first-order valence-electron chi connectivity index (χ1n) is 15.8. The number of pyridine rings is 1. The third kappa shape index (κ3) is 6.49. The van der Waals surface area contributed by atoms with E-state index in [4.69, 9.17) is 14.5 Å². The van der Waals surface area contributed by atoms with Crippen LogP contribution in [0, 0.1) is 11.3 Å². The van der Waals surface area contributed by atoms with Gasteiger partial charge in [0.1, 0.15) is 17.6 Å². The number of carboxylic acids is 1. The molecule has 1 amide bonds. The molecular weight excluding hydrogens is 596 g/mol. The van der Waals surface area contributed by atoms with E-state index < -0.39 is 29.4 Å². The predicted octanol–water partition coefficient (Wildman–Crippen LogP) is 5.66. The number of aliphatic carboxylic acids is 1. The molecule has 2 heterocycles. The molecule has 1 unspecified atom stereocenters. The Morgan fingerprint density at radius 3 is 2.43 bits per heavy atom. The normalized spacial score (nSPS) is 22.4. The van der Waals surface area contributed by atoms with Crippen LogP contribution in [-0.4, -0.2) is 70.2 Å². The lowest BCUT2D eigenvalue weighted by atomic mass is 9.91. The first-order valence-corrected chi connectivity index (χ1v) is 15.8. The SMILES string of the molecule is C=CC1C[C@]1(CC(=O)[C@@H]1C[C@@H](Oc2cc(-c3ccccc3)nc3cc(OC)ccc23)CN1C(=O)C[C@@H](CO)c1ccccc1)C(=O)O. The minimum Gasteiger partial charge on any atom is -0.497 e. The summed E-state index contributed by atoms with van der Waals surface area (Å²) in [6.45, 7) is 3.64.